The fraction of sp³-hybridized carbons (Fsp3) is 0.583. The maximum atomic E-state index is 11.0. The molecule has 2 amide bonds. The van der Waals surface area contributed by atoms with Crippen molar-refractivity contribution in [3.8, 4) is 0 Å². The summed E-state index contributed by atoms with van der Waals surface area (Å²) in [6.07, 6.45) is 1.89. The van der Waals surface area contributed by atoms with E-state index in [1.54, 1.807) is 4.90 Å². The van der Waals surface area contributed by atoms with Crippen LogP contribution in [0.5, 0.6) is 0 Å². The summed E-state index contributed by atoms with van der Waals surface area (Å²) < 4.78 is 2.12. The Bertz CT molecular complexity index is 385. The minimum Gasteiger partial charge on any atom is -0.351 e. The zero-order chi connectivity index (χ0) is 12.4. The molecule has 0 unspecified atom stereocenters. The van der Waals surface area contributed by atoms with Crippen LogP contribution in [0.15, 0.2) is 12.1 Å². The lowest BCUT2D eigenvalue weighted by Crippen LogP contribution is -2.46. The highest BCUT2D eigenvalue weighted by atomic mass is 16.2. The normalized spacial score (nSPS) is 17.2. The lowest BCUT2D eigenvalue weighted by molar-refractivity contribution is 0.191. The molecule has 2 heterocycles. The van der Waals surface area contributed by atoms with Crippen LogP contribution in [0.1, 0.15) is 24.2 Å². The number of rotatable bonds is 2. The number of nitrogens with zero attached hydrogens (tertiary/aromatic N) is 2. The first-order chi connectivity index (χ1) is 8.08. The molecule has 0 atom stereocenters. The van der Waals surface area contributed by atoms with Gasteiger partial charge in [-0.1, -0.05) is 0 Å². The maximum absolute atomic E-state index is 11.0. The van der Waals surface area contributed by atoms with Gasteiger partial charge < -0.3 is 16.1 Å². The van der Waals surface area contributed by atoms with Crippen molar-refractivity contribution in [3.05, 3.63) is 23.5 Å². The molecule has 94 valence electrons. The summed E-state index contributed by atoms with van der Waals surface area (Å²) in [4.78, 5) is 12.7. The Labute approximate surface area is 102 Å². The summed E-state index contributed by atoms with van der Waals surface area (Å²) in [6.45, 7) is 5.65. The number of aromatic nitrogens is 1. The molecule has 17 heavy (non-hydrogen) atoms. The summed E-state index contributed by atoms with van der Waals surface area (Å²) in [5, 5.41) is 0. The molecule has 0 aliphatic carbocycles. The van der Waals surface area contributed by atoms with Crippen LogP contribution in [0.3, 0.4) is 0 Å². The third-order valence-electron chi connectivity index (χ3n) is 3.39. The summed E-state index contributed by atoms with van der Waals surface area (Å²) in [5.41, 5.74) is 11.2. The Kier molecular flexibility index (Phi) is 3.26. The van der Waals surface area contributed by atoms with Crippen LogP contribution in [0.4, 0.5) is 4.79 Å². The fourth-order valence-corrected chi connectivity index (χ4v) is 2.28. The van der Waals surface area contributed by atoms with Gasteiger partial charge in [0.15, 0.2) is 0 Å². The van der Waals surface area contributed by atoms with Crippen LogP contribution >= 0.6 is 0 Å². The third-order valence-corrected chi connectivity index (χ3v) is 3.39. The van der Waals surface area contributed by atoms with E-state index in [-0.39, 0.29) is 6.03 Å². The number of hydrogen-bond acceptors (Lipinski definition) is 2. The molecule has 1 fully saturated rings. The van der Waals surface area contributed by atoms with Gasteiger partial charge in [-0.05, 0) is 38.8 Å². The van der Waals surface area contributed by atoms with E-state index in [4.69, 9.17) is 5.73 Å². The Balaban J connectivity index is 1.92. The second-order valence-corrected chi connectivity index (χ2v) is 4.68. The highest BCUT2D eigenvalue weighted by Crippen LogP contribution is 2.13. The summed E-state index contributed by atoms with van der Waals surface area (Å²) in [6, 6.07) is 4.30. The number of urea groups is 1. The van der Waals surface area contributed by atoms with E-state index in [0.717, 1.165) is 25.9 Å². The number of piperidine rings is 1. The average molecular weight is 236 g/mol. The molecule has 5 nitrogen and oxygen atoms in total. The monoisotopic (exact) mass is 236 g/mol. The Morgan fingerprint density at radius 2 is 1.82 bits per heavy atom. The van der Waals surface area contributed by atoms with Crippen molar-refractivity contribution in [1.29, 1.82) is 0 Å². The summed E-state index contributed by atoms with van der Waals surface area (Å²) >= 11 is 0. The first-order valence-electron chi connectivity index (χ1n) is 6.04. The number of nitrogens with one attached hydrogen (secondary N) is 1. The number of nitrogens with two attached hydrogens (primary N) is 1. The quantitative estimate of drug-likeness (QED) is 0.810. The van der Waals surface area contributed by atoms with E-state index < -0.39 is 0 Å². The number of carbonyl (C=O) groups is 1. The number of aryl methyl sites for hydroxylation is 2. The first-order valence-corrected chi connectivity index (χ1v) is 6.04. The first kappa shape index (κ1) is 11.8. The van der Waals surface area contributed by atoms with Crippen LogP contribution in [0.25, 0.3) is 0 Å². The Morgan fingerprint density at radius 3 is 2.29 bits per heavy atom. The van der Waals surface area contributed by atoms with Crippen molar-refractivity contribution in [1.82, 2.24) is 9.58 Å². The van der Waals surface area contributed by atoms with Crippen molar-refractivity contribution in [2.24, 2.45) is 5.73 Å². The van der Waals surface area contributed by atoms with Gasteiger partial charge in [0.25, 0.3) is 0 Å². The van der Waals surface area contributed by atoms with Gasteiger partial charge in [-0.15, -0.1) is 0 Å². The number of carbonyl (C=O) groups excluding carboxylic acids is 1. The molecule has 3 N–H and O–H groups in total. The molecule has 1 aliphatic heterocycles. The van der Waals surface area contributed by atoms with Gasteiger partial charge in [0.1, 0.15) is 0 Å². The number of hydrogen-bond donors (Lipinski definition) is 2. The molecule has 0 bridgehead atoms. The van der Waals surface area contributed by atoms with Gasteiger partial charge in [0, 0.05) is 30.5 Å². The number of amides is 2. The molecule has 1 aromatic heterocycles. The average Bonchev–Trinajstić information content (AvgIpc) is 2.61. The summed E-state index contributed by atoms with van der Waals surface area (Å²) in [5.74, 6) is 0. The van der Waals surface area contributed by atoms with Crippen LogP contribution in [-0.2, 0) is 0 Å². The van der Waals surface area contributed by atoms with Crippen molar-refractivity contribution in [3.63, 3.8) is 0 Å². The predicted molar refractivity (Wildman–Crippen MR) is 67.4 cm³/mol. The van der Waals surface area contributed by atoms with E-state index >= 15 is 0 Å². The largest absolute Gasteiger partial charge is 0.351 e. The molecular formula is C12H20N4O. The topological polar surface area (TPSA) is 63.3 Å². The Hall–Kier alpha value is -1.65. The number of primary amides is 1. The van der Waals surface area contributed by atoms with Gasteiger partial charge in [0.2, 0.25) is 0 Å². The van der Waals surface area contributed by atoms with Crippen molar-refractivity contribution in [2.45, 2.75) is 32.7 Å². The van der Waals surface area contributed by atoms with Gasteiger partial charge >= 0.3 is 6.03 Å². The van der Waals surface area contributed by atoms with E-state index in [1.807, 2.05) is 0 Å². The maximum Gasteiger partial charge on any atom is 0.314 e. The third kappa shape index (κ3) is 2.54. The van der Waals surface area contributed by atoms with Crippen LogP contribution in [0, 0.1) is 13.8 Å². The molecule has 2 rings (SSSR count). The molecule has 1 aliphatic rings. The van der Waals surface area contributed by atoms with E-state index in [0.29, 0.717) is 6.04 Å². The highest BCUT2D eigenvalue weighted by molar-refractivity contribution is 5.72. The molecule has 0 saturated carbocycles. The molecule has 0 spiro atoms. The fourth-order valence-electron chi connectivity index (χ4n) is 2.28. The van der Waals surface area contributed by atoms with E-state index in [9.17, 15) is 4.79 Å². The predicted octanol–water partition coefficient (Wildman–Crippen LogP) is 1.19. The van der Waals surface area contributed by atoms with Gasteiger partial charge in [-0.25, -0.2) is 4.79 Å². The van der Waals surface area contributed by atoms with Crippen LogP contribution in [-0.4, -0.2) is 34.7 Å². The molecule has 1 saturated heterocycles. The van der Waals surface area contributed by atoms with Crippen LogP contribution in [0.2, 0.25) is 0 Å². The smallest absolute Gasteiger partial charge is 0.314 e. The molecule has 1 aromatic rings. The summed E-state index contributed by atoms with van der Waals surface area (Å²) in [7, 11) is 0. The standard InChI is InChI=1S/C12H20N4O/c1-9-3-4-10(2)16(9)14-11-5-7-15(8-6-11)12(13)17/h3-4,11,14H,5-8H2,1-2H3,(H2,13,17). The Morgan fingerprint density at radius 1 is 1.29 bits per heavy atom. The van der Waals surface area contributed by atoms with Crippen molar-refractivity contribution < 1.29 is 4.79 Å². The second kappa shape index (κ2) is 4.69. The molecule has 0 aromatic carbocycles. The minimum absolute atomic E-state index is 0.309. The van der Waals surface area contributed by atoms with Gasteiger partial charge in [-0.3, -0.25) is 4.68 Å². The van der Waals surface area contributed by atoms with Gasteiger partial charge in [-0.2, -0.15) is 0 Å². The molecule has 0 radical (unpaired) electrons. The zero-order valence-electron chi connectivity index (χ0n) is 10.4. The van der Waals surface area contributed by atoms with Crippen molar-refractivity contribution in [2.75, 3.05) is 18.5 Å². The zero-order valence-corrected chi connectivity index (χ0v) is 10.4. The van der Waals surface area contributed by atoms with E-state index in [2.05, 4.69) is 36.1 Å². The van der Waals surface area contributed by atoms with Crippen LogP contribution < -0.4 is 11.2 Å². The SMILES string of the molecule is Cc1ccc(C)n1NC1CCN(C(N)=O)CC1. The molecule has 5 heteroatoms. The lowest BCUT2D eigenvalue weighted by atomic mass is 10.1. The lowest BCUT2D eigenvalue weighted by Gasteiger charge is -2.32. The van der Waals surface area contributed by atoms with E-state index in [1.165, 1.54) is 11.4 Å². The second-order valence-electron chi connectivity index (χ2n) is 4.68. The highest BCUT2D eigenvalue weighted by Gasteiger charge is 2.21. The molecular weight excluding hydrogens is 216 g/mol. The van der Waals surface area contributed by atoms with Crippen molar-refractivity contribution >= 4 is 6.03 Å². The van der Waals surface area contributed by atoms with Gasteiger partial charge in [0.05, 0.1) is 0 Å². The minimum atomic E-state index is -0.309. The number of likely N-dealkylation sites (tertiary alicyclic amines) is 1.